The molecule has 1 fully saturated rings. The first kappa shape index (κ1) is 13.2. The van der Waals surface area contributed by atoms with E-state index in [2.05, 4.69) is 4.74 Å². The molecule has 1 heterocycles. The summed E-state index contributed by atoms with van der Waals surface area (Å²) in [4.78, 5) is 46.2. The highest BCUT2D eigenvalue weighted by Gasteiger charge is 2.29. The molecule has 1 aromatic rings. The molecular weight excluding hydrogens is 250 g/mol. The van der Waals surface area contributed by atoms with Crippen LogP contribution in [-0.2, 0) is 14.3 Å². The number of ketones is 2. The van der Waals surface area contributed by atoms with Crippen molar-refractivity contribution in [1.82, 2.24) is 4.57 Å². The number of nitrogens with zero attached hydrogens (tertiary/aromatic N) is 1. The van der Waals surface area contributed by atoms with E-state index in [1.807, 2.05) is 0 Å². The lowest BCUT2D eigenvalue weighted by Crippen LogP contribution is -2.34. The van der Waals surface area contributed by atoms with Crippen LogP contribution in [0.2, 0.25) is 0 Å². The number of esters is 1. The van der Waals surface area contributed by atoms with E-state index in [4.69, 9.17) is 0 Å². The van der Waals surface area contributed by atoms with Gasteiger partial charge in [-0.15, -0.1) is 0 Å². The maximum Gasteiger partial charge on any atom is 0.339 e. The predicted octanol–water partition coefficient (Wildman–Crippen LogP) is 0.498. The molecular formula is C13H13NO5. The number of hydrogen-bond acceptors (Lipinski definition) is 5. The smallest absolute Gasteiger partial charge is 0.339 e. The summed E-state index contributed by atoms with van der Waals surface area (Å²) in [5.41, 5.74) is -0.174. The number of carbonyl (C=O) groups is 3. The molecule has 0 amide bonds. The van der Waals surface area contributed by atoms with Gasteiger partial charge >= 0.3 is 5.97 Å². The van der Waals surface area contributed by atoms with Gasteiger partial charge < -0.3 is 9.30 Å². The SMILES string of the molecule is COC(=O)c1ccc(=O)n(C2CCC(=O)CC2=O)c1. The Labute approximate surface area is 109 Å². The number of Topliss-reactive ketones (excluding diaryl/α,β-unsaturated/α-hetero) is 2. The van der Waals surface area contributed by atoms with Gasteiger partial charge in [0.25, 0.3) is 5.56 Å². The highest BCUT2D eigenvalue weighted by atomic mass is 16.5. The van der Waals surface area contributed by atoms with Gasteiger partial charge in [0.05, 0.1) is 25.1 Å². The third-order valence-electron chi connectivity index (χ3n) is 3.13. The van der Waals surface area contributed by atoms with Crippen molar-refractivity contribution in [3.05, 3.63) is 34.2 Å². The van der Waals surface area contributed by atoms with E-state index in [9.17, 15) is 19.2 Å². The van der Waals surface area contributed by atoms with E-state index in [0.717, 1.165) is 0 Å². The molecule has 1 saturated carbocycles. The van der Waals surface area contributed by atoms with Crippen molar-refractivity contribution < 1.29 is 19.1 Å². The largest absolute Gasteiger partial charge is 0.465 e. The maximum absolute atomic E-state index is 11.8. The molecule has 2 rings (SSSR count). The Morgan fingerprint density at radius 2 is 2.05 bits per heavy atom. The zero-order valence-corrected chi connectivity index (χ0v) is 10.4. The number of methoxy groups -OCH3 is 1. The maximum atomic E-state index is 11.8. The zero-order valence-electron chi connectivity index (χ0n) is 10.4. The Morgan fingerprint density at radius 1 is 1.32 bits per heavy atom. The van der Waals surface area contributed by atoms with Crippen molar-refractivity contribution in [2.24, 2.45) is 0 Å². The molecule has 1 aromatic heterocycles. The van der Waals surface area contributed by atoms with Crippen LogP contribution in [0.4, 0.5) is 0 Å². The third kappa shape index (κ3) is 2.62. The summed E-state index contributed by atoms with van der Waals surface area (Å²) >= 11 is 0. The fourth-order valence-corrected chi connectivity index (χ4v) is 2.14. The van der Waals surface area contributed by atoms with Crippen molar-refractivity contribution in [2.45, 2.75) is 25.3 Å². The average molecular weight is 263 g/mol. The number of rotatable bonds is 2. The van der Waals surface area contributed by atoms with Crippen LogP contribution in [0, 0.1) is 0 Å². The number of ether oxygens (including phenoxy) is 1. The van der Waals surface area contributed by atoms with Gasteiger partial charge in [0.1, 0.15) is 5.78 Å². The molecule has 100 valence electrons. The molecule has 1 aliphatic carbocycles. The molecule has 0 N–H and O–H groups in total. The minimum Gasteiger partial charge on any atom is -0.465 e. The van der Waals surface area contributed by atoms with Crippen molar-refractivity contribution in [3.63, 3.8) is 0 Å². The summed E-state index contributed by atoms with van der Waals surface area (Å²) < 4.78 is 5.78. The zero-order chi connectivity index (χ0) is 14.0. The quantitative estimate of drug-likeness (QED) is 0.573. The van der Waals surface area contributed by atoms with Crippen LogP contribution in [-0.4, -0.2) is 29.2 Å². The van der Waals surface area contributed by atoms with Crippen molar-refractivity contribution in [1.29, 1.82) is 0 Å². The molecule has 0 bridgehead atoms. The van der Waals surface area contributed by atoms with Crippen molar-refractivity contribution in [2.75, 3.05) is 7.11 Å². The van der Waals surface area contributed by atoms with Gasteiger partial charge in [-0.25, -0.2) is 4.79 Å². The first-order valence-corrected chi connectivity index (χ1v) is 5.88. The highest BCUT2D eigenvalue weighted by Crippen LogP contribution is 2.22. The number of pyridine rings is 1. The molecule has 1 atom stereocenters. The number of aromatic nitrogens is 1. The van der Waals surface area contributed by atoms with Gasteiger partial charge in [-0.05, 0) is 12.5 Å². The van der Waals surface area contributed by atoms with Gasteiger partial charge in [-0.2, -0.15) is 0 Å². The van der Waals surface area contributed by atoms with E-state index in [0.29, 0.717) is 6.42 Å². The van der Waals surface area contributed by atoms with Crippen LogP contribution in [0.15, 0.2) is 23.1 Å². The summed E-state index contributed by atoms with van der Waals surface area (Å²) in [6, 6.07) is 1.90. The Hall–Kier alpha value is -2.24. The van der Waals surface area contributed by atoms with Crippen LogP contribution >= 0.6 is 0 Å². The van der Waals surface area contributed by atoms with E-state index in [-0.39, 0.29) is 35.5 Å². The van der Waals surface area contributed by atoms with Crippen LogP contribution in [0.3, 0.4) is 0 Å². The molecule has 0 aliphatic heterocycles. The lowest BCUT2D eigenvalue weighted by Gasteiger charge is -2.22. The standard InChI is InChI=1S/C13H13NO5/c1-19-13(18)8-2-5-12(17)14(7-8)10-4-3-9(15)6-11(10)16/h2,5,7,10H,3-4,6H2,1H3. The summed E-state index contributed by atoms with van der Waals surface area (Å²) in [7, 11) is 1.24. The number of carbonyl (C=O) groups excluding carboxylic acids is 3. The Morgan fingerprint density at radius 3 is 2.68 bits per heavy atom. The average Bonchev–Trinajstić information content (AvgIpc) is 2.39. The van der Waals surface area contributed by atoms with E-state index < -0.39 is 12.0 Å². The molecule has 1 unspecified atom stereocenters. The lowest BCUT2D eigenvalue weighted by molar-refractivity contribution is -0.132. The second-order valence-corrected chi connectivity index (χ2v) is 4.39. The summed E-state index contributed by atoms with van der Waals surface area (Å²) in [5, 5.41) is 0. The lowest BCUT2D eigenvalue weighted by atomic mass is 9.92. The molecule has 19 heavy (non-hydrogen) atoms. The molecule has 6 nitrogen and oxygen atoms in total. The monoisotopic (exact) mass is 263 g/mol. The topological polar surface area (TPSA) is 82.4 Å². The van der Waals surface area contributed by atoms with E-state index in [1.165, 1.54) is 30.0 Å². The minimum absolute atomic E-state index is 0.113. The normalized spacial score (nSPS) is 19.3. The fraction of sp³-hybridized carbons (Fsp3) is 0.385. The van der Waals surface area contributed by atoms with Gasteiger partial charge in [0.2, 0.25) is 0 Å². The second-order valence-electron chi connectivity index (χ2n) is 4.39. The third-order valence-corrected chi connectivity index (χ3v) is 3.13. The van der Waals surface area contributed by atoms with Gasteiger partial charge in [0, 0.05) is 18.7 Å². The second kappa shape index (κ2) is 5.17. The molecule has 0 radical (unpaired) electrons. The molecule has 6 heteroatoms. The van der Waals surface area contributed by atoms with E-state index in [1.54, 1.807) is 0 Å². The van der Waals surface area contributed by atoms with E-state index >= 15 is 0 Å². The van der Waals surface area contributed by atoms with Crippen LogP contribution in [0.5, 0.6) is 0 Å². The molecule has 0 aromatic carbocycles. The Kier molecular flexibility index (Phi) is 3.59. The van der Waals surface area contributed by atoms with Gasteiger partial charge in [-0.1, -0.05) is 0 Å². The van der Waals surface area contributed by atoms with Gasteiger partial charge in [-0.3, -0.25) is 14.4 Å². The molecule has 1 aliphatic rings. The first-order chi connectivity index (χ1) is 9.02. The van der Waals surface area contributed by atoms with Crippen molar-refractivity contribution >= 4 is 17.5 Å². The van der Waals surface area contributed by atoms with Crippen LogP contribution in [0.1, 0.15) is 35.7 Å². The first-order valence-electron chi connectivity index (χ1n) is 5.88. The minimum atomic E-state index is -0.671. The Bertz CT molecular complexity index is 601. The molecule has 0 spiro atoms. The number of hydrogen-bond donors (Lipinski definition) is 0. The van der Waals surface area contributed by atoms with Gasteiger partial charge in [0.15, 0.2) is 5.78 Å². The Balaban J connectivity index is 2.38. The summed E-state index contributed by atoms with van der Waals surface area (Å²) in [6.45, 7) is 0. The van der Waals surface area contributed by atoms with Crippen LogP contribution < -0.4 is 5.56 Å². The highest BCUT2D eigenvalue weighted by molar-refractivity contribution is 6.03. The van der Waals surface area contributed by atoms with Crippen molar-refractivity contribution in [3.8, 4) is 0 Å². The molecule has 0 saturated heterocycles. The summed E-state index contributed by atoms with van der Waals surface area (Å²) in [6.07, 6.45) is 1.72. The van der Waals surface area contributed by atoms with Crippen LogP contribution in [0.25, 0.3) is 0 Å². The predicted molar refractivity (Wildman–Crippen MR) is 64.9 cm³/mol. The fourth-order valence-electron chi connectivity index (χ4n) is 2.14. The summed E-state index contributed by atoms with van der Waals surface area (Å²) in [5.74, 6) is -0.980.